The highest BCUT2D eigenvalue weighted by Gasteiger charge is 2.32. The first kappa shape index (κ1) is 13.1. The fourth-order valence-corrected chi connectivity index (χ4v) is 3.47. The van der Waals surface area contributed by atoms with Gasteiger partial charge >= 0.3 is 0 Å². The number of nitrogens with zero attached hydrogens (tertiary/aromatic N) is 3. The molecule has 1 aliphatic heterocycles. The summed E-state index contributed by atoms with van der Waals surface area (Å²) in [5, 5.41) is 18.2. The molecule has 1 saturated heterocycles. The van der Waals surface area contributed by atoms with E-state index in [2.05, 4.69) is 15.1 Å². The molecule has 1 aromatic heterocycles. The zero-order valence-corrected chi connectivity index (χ0v) is 11.6. The Balaban J connectivity index is 1.57. The monoisotopic (exact) mass is 265 g/mol. The van der Waals surface area contributed by atoms with Crippen molar-refractivity contribution in [3.8, 4) is 0 Å². The third-order valence-electron chi connectivity index (χ3n) is 4.58. The number of hydrogen-bond donors (Lipinski definition) is 1. The van der Waals surface area contributed by atoms with E-state index in [0.717, 1.165) is 44.7 Å². The number of piperidine rings is 1. The van der Waals surface area contributed by atoms with Crippen molar-refractivity contribution in [1.82, 2.24) is 15.1 Å². The van der Waals surface area contributed by atoms with Crippen LogP contribution in [0.5, 0.6) is 0 Å². The number of likely N-dealkylation sites (tertiary alicyclic amines) is 1. The molecule has 19 heavy (non-hydrogen) atoms. The lowest BCUT2D eigenvalue weighted by molar-refractivity contribution is 0.00753. The first-order valence-electron chi connectivity index (χ1n) is 7.46. The number of aromatic nitrogens is 2. The summed E-state index contributed by atoms with van der Waals surface area (Å²) < 4.78 is 5.53. The Kier molecular flexibility index (Phi) is 3.84. The van der Waals surface area contributed by atoms with Crippen molar-refractivity contribution < 1.29 is 9.52 Å². The van der Waals surface area contributed by atoms with Gasteiger partial charge in [0.2, 0.25) is 11.8 Å². The molecule has 1 aromatic rings. The molecule has 5 heteroatoms. The lowest BCUT2D eigenvalue weighted by Gasteiger charge is -2.41. The van der Waals surface area contributed by atoms with E-state index in [1.165, 1.54) is 12.8 Å². The summed E-state index contributed by atoms with van der Waals surface area (Å²) in [5.41, 5.74) is 0. The second-order valence-corrected chi connectivity index (χ2v) is 5.89. The number of aliphatic hydroxyl groups excluding tert-OH is 1. The van der Waals surface area contributed by atoms with Crippen molar-refractivity contribution in [3.63, 3.8) is 0 Å². The first-order valence-corrected chi connectivity index (χ1v) is 7.46. The Morgan fingerprint density at radius 2 is 1.84 bits per heavy atom. The maximum Gasteiger partial charge on any atom is 0.219 e. The summed E-state index contributed by atoms with van der Waals surface area (Å²) in [7, 11) is 0. The second-order valence-electron chi connectivity index (χ2n) is 5.89. The molecule has 1 N–H and O–H groups in total. The van der Waals surface area contributed by atoms with Gasteiger partial charge in [0.25, 0.3) is 0 Å². The molecule has 1 aliphatic carbocycles. The Labute approximate surface area is 114 Å². The van der Waals surface area contributed by atoms with Crippen LogP contribution in [0.4, 0.5) is 0 Å². The number of rotatable bonds is 2. The minimum absolute atomic E-state index is 0.129. The first-order chi connectivity index (χ1) is 9.24. The van der Waals surface area contributed by atoms with Crippen LogP contribution in [0.25, 0.3) is 0 Å². The molecule has 0 radical (unpaired) electrons. The van der Waals surface area contributed by atoms with Crippen LogP contribution in [0.1, 0.15) is 56.2 Å². The topological polar surface area (TPSA) is 62.4 Å². The fourth-order valence-electron chi connectivity index (χ4n) is 3.47. The molecule has 1 saturated carbocycles. The van der Waals surface area contributed by atoms with E-state index in [1.54, 1.807) is 0 Å². The van der Waals surface area contributed by atoms with E-state index in [1.807, 2.05) is 6.92 Å². The van der Waals surface area contributed by atoms with Gasteiger partial charge < -0.3 is 9.52 Å². The zero-order chi connectivity index (χ0) is 13.2. The fraction of sp³-hybridized carbons (Fsp3) is 0.857. The lowest BCUT2D eigenvalue weighted by Crippen LogP contribution is -2.48. The van der Waals surface area contributed by atoms with Gasteiger partial charge in [-0.3, -0.25) is 4.90 Å². The highest BCUT2D eigenvalue weighted by Crippen LogP contribution is 2.31. The normalized spacial score (nSPS) is 30.6. The third-order valence-corrected chi connectivity index (χ3v) is 4.58. The van der Waals surface area contributed by atoms with E-state index in [-0.39, 0.29) is 6.10 Å². The Morgan fingerprint density at radius 3 is 2.47 bits per heavy atom. The van der Waals surface area contributed by atoms with Crippen LogP contribution in [0, 0.1) is 6.92 Å². The van der Waals surface area contributed by atoms with E-state index in [9.17, 15) is 5.11 Å². The highest BCUT2D eigenvalue weighted by molar-refractivity contribution is 4.96. The average Bonchev–Trinajstić information content (AvgIpc) is 2.86. The van der Waals surface area contributed by atoms with Crippen molar-refractivity contribution >= 4 is 0 Å². The smallest absolute Gasteiger partial charge is 0.219 e. The third kappa shape index (κ3) is 2.82. The Morgan fingerprint density at radius 1 is 1.11 bits per heavy atom. The van der Waals surface area contributed by atoms with Gasteiger partial charge in [-0.25, -0.2) is 0 Å². The zero-order valence-electron chi connectivity index (χ0n) is 11.6. The maximum atomic E-state index is 10.1. The average molecular weight is 265 g/mol. The van der Waals surface area contributed by atoms with E-state index in [0.29, 0.717) is 17.9 Å². The van der Waals surface area contributed by atoms with Gasteiger partial charge in [0.1, 0.15) is 0 Å². The molecule has 2 unspecified atom stereocenters. The van der Waals surface area contributed by atoms with Crippen molar-refractivity contribution in [2.24, 2.45) is 0 Å². The van der Waals surface area contributed by atoms with Gasteiger partial charge in [-0.1, -0.05) is 12.8 Å². The van der Waals surface area contributed by atoms with Gasteiger partial charge in [-0.2, -0.15) is 0 Å². The molecular formula is C14H23N3O2. The molecule has 2 atom stereocenters. The summed E-state index contributed by atoms with van der Waals surface area (Å²) in [5.74, 6) is 1.85. The summed E-state index contributed by atoms with van der Waals surface area (Å²) in [6.07, 6.45) is 6.53. The van der Waals surface area contributed by atoms with Crippen LogP contribution in [0.2, 0.25) is 0 Å². The SMILES string of the molecule is Cc1nnc(C2CCN(C3CCCCC3O)CC2)o1. The molecular weight excluding hydrogens is 242 g/mol. The van der Waals surface area contributed by atoms with E-state index >= 15 is 0 Å². The minimum Gasteiger partial charge on any atom is -0.425 e. The highest BCUT2D eigenvalue weighted by atomic mass is 16.4. The van der Waals surface area contributed by atoms with Gasteiger partial charge in [0, 0.05) is 18.9 Å². The standard InChI is InChI=1S/C14H23N3O2/c1-10-15-16-14(19-10)11-6-8-17(9-7-11)12-4-2-3-5-13(12)18/h11-13,18H,2-9H2,1H3. The van der Waals surface area contributed by atoms with Gasteiger partial charge in [0.15, 0.2) is 0 Å². The number of aliphatic hydroxyl groups is 1. The van der Waals surface area contributed by atoms with Gasteiger partial charge in [0.05, 0.1) is 6.10 Å². The predicted octanol–water partition coefficient (Wildman–Crippen LogP) is 1.86. The van der Waals surface area contributed by atoms with Crippen LogP contribution < -0.4 is 0 Å². The molecule has 2 heterocycles. The Bertz CT molecular complexity index is 413. The second kappa shape index (κ2) is 5.59. The molecule has 0 bridgehead atoms. The van der Waals surface area contributed by atoms with Crippen LogP contribution in [-0.4, -0.2) is 45.4 Å². The van der Waals surface area contributed by atoms with E-state index < -0.39 is 0 Å². The van der Waals surface area contributed by atoms with Gasteiger partial charge in [-0.05, 0) is 38.8 Å². The summed E-state index contributed by atoms with van der Waals surface area (Å²) in [6, 6.07) is 0.374. The van der Waals surface area contributed by atoms with Crippen molar-refractivity contribution in [2.75, 3.05) is 13.1 Å². The quantitative estimate of drug-likeness (QED) is 0.884. The lowest BCUT2D eigenvalue weighted by atomic mass is 9.88. The largest absolute Gasteiger partial charge is 0.425 e. The summed E-state index contributed by atoms with van der Waals surface area (Å²) in [6.45, 7) is 3.91. The van der Waals surface area contributed by atoms with Crippen molar-refractivity contribution in [1.29, 1.82) is 0 Å². The van der Waals surface area contributed by atoms with Gasteiger partial charge in [-0.15, -0.1) is 10.2 Å². The van der Waals surface area contributed by atoms with Crippen LogP contribution in [-0.2, 0) is 0 Å². The van der Waals surface area contributed by atoms with Crippen LogP contribution in [0.15, 0.2) is 4.42 Å². The molecule has 0 aromatic carbocycles. The van der Waals surface area contributed by atoms with Crippen molar-refractivity contribution in [2.45, 2.75) is 63.5 Å². The number of aryl methyl sites for hydroxylation is 1. The summed E-state index contributed by atoms with van der Waals surface area (Å²) in [4.78, 5) is 2.46. The summed E-state index contributed by atoms with van der Waals surface area (Å²) >= 11 is 0. The molecule has 2 aliphatic rings. The molecule has 0 spiro atoms. The maximum absolute atomic E-state index is 10.1. The van der Waals surface area contributed by atoms with E-state index in [4.69, 9.17) is 4.42 Å². The van der Waals surface area contributed by atoms with Crippen LogP contribution in [0.3, 0.4) is 0 Å². The predicted molar refractivity (Wildman–Crippen MR) is 70.8 cm³/mol. The number of hydrogen-bond acceptors (Lipinski definition) is 5. The Hall–Kier alpha value is -0.940. The van der Waals surface area contributed by atoms with Crippen molar-refractivity contribution in [3.05, 3.63) is 11.8 Å². The molecule has 5 nitrogen and oxygen atoms in total. The minimum atomic E-state index is -0.129. The molecule has 106 valence electrons. The van der Waals surface area contributed by atoms with Crippen LogP contribution >= 0.6 is 0 Å². The molecule has 3 rings (SSSR count). The molecule has 2 fully saturated rings. The molecule has 0 amide bonds.